The number of carbonyl (C=O) groups is 6. The van der Waals surface area contributed by atoms with E-state index in [1.807, 2.05) is 13.0 Å². The Morgan fingerprint density at radius 2 is 1.64 bits per heavy atom. The SMILES string of the molecule is CCOC(=O)N1CCN(C(=O)[C@H](CCC(=O)OC2CCC2)NC(=O)c2cc(OCC(=O)N3CCC[C@H]3C(=O)NC3CCC3)c3ccc(C)cc3n2)CC1. The Morgan fingerprint density at radius 3 is 2.32 bits per heavy atom. The van der Waals surface area contributed by atoms with Gasteiger partial charge in [-0.1, -0.05) is 6.07 Å². The highest BCUT2D eigenvalue weighted by Gasteiger charge is 2.36. The molecule has 2 saturated carbocycles. The average Bonchev–Trinajstić information content (AvgIpc) is 3.62. The Labute approximate surface area is 309 Å². The fraction of sp³-hybridized carbons (Fsp3) is 0.605. The minimum absolute atomic E-state index is 0.00406. The molecule has 2 saturated heterocycles. The highest BCUT2D eigenvalue weighted by molar-refractivity contribution is 5.99. The summed E-state index contributed by atoms with van der Waals surface area (Å²) in [5.41, 5.74) is 1.31. The molecule has 4 fully saturated rings. The van der Waals surface area contributed by atoms with Crippen LogP contribution in [0.4, 0.5) is 4.79 Å². The van der Waals surface area contributed by atoms with Gasteiger partial charge in [-0.15, -0.1) is 0 Å². The van der Waals surface area contributed by atoms with Crippen molar-refractivity contribution < 1.29 is 43.0 Å². The molecular weight excluding hydrogens is 684 g/mol. The first-order valence-corrected chi connectivity index (χ1v) is 18.9. The number of pyridine rings is 1. The second kappa shape index (κ2) is 17.3. The smallest absolute Gasteiger partial charge is 0.409 e. The maximum Gasteiger partial charge on any atom is 0.409 e. The van der Waals surface area contributed by atoms with Crippen LogP contribution in [0.25, 0.3) is 10.9 Å². The molecule has 1 aromatic carbocycles. The van der Waals surface area contributed by atoms with E-state index in [-0.39, 0.29) is 87.6 Å². The molecule has 6 rings (SSSR count). The number of nitrogens with zero attached hydrogens (tertiary/aromatic N) is 4. The molecule has 286 valence electrons. The molecule has 0 bridgehead atoms. The largest absolute Gasteiger partial charge is 0.483 e. The number of rotatable bonds is 13. The summed E-state index contributed by atoms with van der Waals surface area (Å²) in [6.07, 6.45) is 6.30. The molecule has 2 aliphatic heterocycles. The first-order valence-electron chi connectivity index (χ1n) is 18.9. The molecule has 0 unspecified atom stereocenters. The van der Waals surface area contributed by atoms with Crippen LogP contribution in [0.1, 0.15) is 87.2 Å². The van der Waals surface area contributed by atoms with E-state index < -0.39 is 36.0 Å². The van der Waals surface area contributed by atoms with Crippen LogP contribution in [0.3, 0.4) is 0 Å². The summed E-state index contributed by atoms with van der Waals surface area (Å²) in [5.74, 6) is -1.70. The van der Waals surface area contributed by atoms with Crippen LogP contribution in [0.5, 0.6) is 5.75 Å². The van der Waals surface area contributed by atoms with Crippen molar-refractivity contribution in [1.82, 2.24) is 30.3 Å². The van der Waals surface area contributed by atoms with E-state index in [1.165, 1.54) is 11.0 Å². The van der Waals surface area contributed by atoms with E-state index >= 15 is 0 Å². The fourth-order valence-electron chi connectivity index (χ4n) is 6.98. The number of amides is 5. The molecule has 2 aliphatic carbocycles. The lowest BCUT2D eigenvalue weighted by Crippen LogP contribution is -2.56. The zero-order valence-electron chi connectivity index (χ0n) is 30.6. The summed E-state index contributed by atoms with van der Waals surface area (Å²) in [4.78, 5) is 88.2. The third-order valence-electron chi connectivity index (χ3n) is 10.5. The Morgan fingerprint density at radius 1 is 0.906 bits per heavy atom. The number of ether oxygens (including phenoxy) is 3. The van der Waals surface area contributed by atoms with Gasteiger partial charge in [0.05, 0.1) is 12.1 Å². The minimum Gasteiger partial charge on any atom is -0.483 e. The van der Waals surface area contributed by atoms with Gasteiger partial charge in [0.15, 0.2) is 6.61 Å². The third-order valence-corrected chi connectivity index (χ3v) is 10.5. The highest BCUT2D eigenvalue weighted by Crippen LogP contribution is 2.28. The van der Waals surface area contributed by atoms with E-state index in [1.54, 1.807) is 28.9 Å². The third kappa shape index (κ3) is 9.35. The zero-order valence-corrected chi connectivity index (χ0v) is 30.6. The van der Waals surface area contributed by atoms with Crippen molar-refractivity contribution in [2.24, 2.45) is 0 Å². The number of fused-ring (bicyclic) bond motifs is 1. The lowest BCUT2D eigenvalue weighted by atomic mass is 9.93. The van der Waals surface area contributed by atoms with Gasteiger partial charge in [-0.05, 0) is 89.3 Å². The molecule has 3 heterocycles. The second-order valence-corrected chi connectivity index (χ2v) is 14.3. The second-order valence-electron chi connectivity index (χ2n) is 14.3. The number of carbonyl (C=O) groups excluding carboxylic acids is 6. The van der Waals surface area contributed by atoms with E-state index in [0.717, 1.165) is 50.5 Å². The van der Waals surface area contributed by atoms with Crippen molar-refractivity contribution in [3.05, 3.63) is 35.5 Å². The van der Waals surface area contributed by atoms with Crippen LogP contribution < -0.4 is 15.4 Å². The van der Waals surface area contributed by atoms with Gasteiger partial charge >= 0.3 is 12.1 Å². The predicted molar refractivity (Wildman–Crippen MR) is 192 cm³/mol. The summed E-state index contributed by atoms with van der Waals surface area (Å²) >= 11 is 0. The molecule has 2 N–H and O–H groups in total. The number of hydrogen-bond donors (Lipinski definition) is 2. The Balaban J connectivity index is 1.16. The summed E-state index contributed by atoms with van der Waals surface area (Å²) < 4.78 is 16.7. The molecule has 15 nitrogen and oxygen atoms in total. The van der Waals surface area contributed by atoms with Gasteiger partial charge in [-0.2, -0.15) is 0 Å². The number of benzene rings is 1. The number of nitrogens with one attached hydrogen (secondary N) is 2. The van der Waals surface area contributed by atoms with E-state index in [9.17, 15) is 28.8 Å². The Bertz CT molecular complexity index is 1700. The molecule has 0 spiro atoms. The molecular formula is C38H50N6O9. The normalized spacial score (nSPS) is 19.5. The van der Waals surface area contributed by atoms with Crippen molar-refractivity contribution in [2.45, 2.75) is 102 Å². The quantitative estimate of drug-likeness (QED) is 0.291. The Kier molecular flexibility index (Phi) is 12.3. The highest BCUT2D eigenvalue weighted by atomic mass is 16.6. The minimum atomic E-state index is -1.08. The maximum atomic E-state index is 13.9. The van der Waals surface area contributed by atoms with Crippen molar-refractivity contribution in [3.63, 3.8) is 0 Å². The van der Waals surface area contributed by atoms with Crippen molar-refractivity contribution in [1.29, 1.82) is 0 Å². The number of aryl methyl sites for hydroxylation is 1. The zero-order chi connectivity index (χ0) is 37.5. The summed E-state index contributed by atoms with van der Waals surface area (Å²) in [6, 6.07) is 5.46. The lowest BCUT2D eigenvalue weighted by molar-refractivity contribution is -0.153. The van der Waals surface area contributed by atoms with Crippen LogP contribution in [-0.4, -0.2) is 126 Å². The number of aromatic nitrogens is 1. The van der Waals surface area contributed by atoms with Gasteiger partial charge in [-0.25, -0.2) is 9.78 Å². The summed E-state index contributed by atoms with van der Waals surface area (Å²) in [7, 11) is 0. The fourth-order valence-corrected chi connectivity index (χ4v) is 6.98. The molecule has 15 heteroatoms. The predicted octanol–water partition coefficient (Wildman–Crippen LogP) is 2.86. The molecule has 2 aromatic rings. The van der Waals surface area contributed by atoms with E-state index in [4.69, 9.17) is 14.2 Å². The maximum absolute atomic E-state index is 13.9. The molecule has 2 atom stereocenters. The molecule has 5 amide bonds. The Hall–Kier alpha value is -4.95. The first kappa shape index (κ1) is 37.8. The standard InChI is InChI=1S/C38H50N6O9/c1-3-51-38(50)43-19-17-42(18-20-43)37(49)28(14-15-34(46)53-26-9-5-10-26)41-35(47)30-22-32(27-13-12-24(2)21-29(27)40-30)52-23-33(45)44-16-6-11-31(44)36(48)39-25-7-4-8-25/h12-13,21-22,25-26,28,31H,3-11,14-20,23H2,1-2H3,(H,39,48)(H,41,47)/t28-,31-/m0/s1. The van der Waals surface area contributed by atoms with Crippen molar-refractivity contribution in [2.75, 3.05) is 45.9 Å². The van der Waals surface area contributed by atoms with Gasteiger partial charge in [0.2, 0.25) is 11.8 Å². The average molecular weight is 735 g/mol. The number of esters is 1. The van der Waals surface area contributed by atoms with Crippen molar-refractivity contribution in [3.8, 4) is 5.75 Å². The summed E-state index contributed by atoms with van der Waals surface area (Å²) in [6.45, 7) is 4.97. The summed E-state index contributed by atoms with van der Waals surface area (Å²) in [5, 5.41) is 6.44. The van der Waals surface area contributed by atoms with Gasteiger partial charge in [-0.3, -0.25) is 24.0 Å². The van der Waals surface area contributed by atoms with Crippen LogP contribution >= 0.6 is 0 Å². The lowest BCUT2D eigenvalue weighted by Gasteiger charge is -2.36. The molecule has 4 aliphatic rings. The van der Waals surface area contributed by atoms with E-state index in [0.29, 0.717) is 23.9 Å². The molecule has 1 aromatic heterocycles. The number of hydrogen-bond acceptors (Lipinski definition) is 10. The van der Waals surface area contributed by atoms with Crippen molar-refractivity contribution >= 4 is 46.6 Å². The topological polar surface area (TPSA) is 177 Å². The van der Waals surface area contributed by atoms with Gasteiger partial charge in [0.1, 0.15) is 29.6 Å². The first-order chi connectivity index (χ1) is 25.6. The molecule has 0 radical (unpaired) electrons. The van der Waals surface area contributed by atoms with Crippen LogP contribution in [0, 0.1) is 6.92 Å². The van der Waals surface area contributed by atoms with Crippen LogP contribution in [0.15, 0.2) is 24.3 Å². The monoisotopic (exact) mass is 734 g/mol. The van der Waals surface area contributed by atoms with Gasteiger partial charge in [0.25, 0.3) is 11.8 Å². The van der Waals surface area contributed by atoms with Gasteiger partial charge < -0.3 is 39.5 Å². The van der Waals surface area contributed by atoms with Crippen LogP contribution in [0.2, 0.25) is 0 Å². The van der Waals surface area contributed by atoms with Gasteiger partial charge in [0, 0.05) is 56.6 Å². The number of piperazine rings is 1. The van der Waals surface area contributed by atoms with Crippen LogP contribution in [-0.2, 0) is 28.7 Å². The van der Waals surface area contributed by atoms with E-state index in [2.05, 4.69) is 15.6 Å². The number of likely N-dealkylation sites (tertiary alicyclic amines) is 1. The molecule has 53 heavy (non-hydrogen) atoms.